The van der Waals surface area contributed by atoms with Crippen molar-refractivity contribution in [2.24, 2.45) is 0 Å². The molecule has 0 aliphatic rings. The molecule has 1 aromatic carbocycles. The molecule has 3 heteroatoms. The Balaban J connectivity index is 2.59. The molecule has 0 aliphatic heterocycles. The molecule has 0 saturated heterocycles. The number of hydrogen-bond donors (Lipinski definition) is 0. The summed E-state index contributed by atoms with van der Waals surface area (Å²) in [5.41, 5.74) is 2.49. The van der Waals surface area contributed by atoms with Crippen molar-refractivity contribution >= 4 is 14.1 Å². The van der Waals surface area contributed by atoms with Crippen LogP contribution in [0.2, 0.25) is 16.6 Å². The van der Waals surface area contributed by atoms with Crippen molar-refractivity contribution in [3.05, 3.63) is 48.2 Å². The van der Waals surface area contributed by atoms with Crippen LogP contribution in [0.4, 0.5) is 0 Å². The predicted octanol–water partition coefficient (Wildman–Crippen LogP) is 6.36. The third kappa shape index (κ3) is 5.07. The van der Waals surface area contributed by atoms with Gasteiger partial charge < -0.3 is 4.43 Å². The average Bonchev–Trinajstić information content (AvgIpc) is 2.50. The summed E-state index contributed by atoms with van der Waals surface area (Å²) in [6.45, 7) is 13.7. The Morgan fingerprint density at radius 2 is 1.52 bits per heavy atom. The van der Waals surface area contributed by atoms with Crippen molar-refractivity contribution in [2.45, 2.75) is 71.0 Å². The molecule has 0 unspecified atom stereocenters. The number of carbonyl (C=O) groups is 1. The lowest BCUT2D eigenvalue weighted by atomic mass is 10.1. The Morgan fingerprint density at radius 3 is 2.00 bits per heavy atom. The molecule has 0 amide bonds. The lowest BCUT2D eigenvalue weighted by Gasteiger charge is -2.41. The Kier molecular flexibility index (Phi) is 7.76. The van der Waals surface area contributed by atoms with E-state index in [1.807, 2.05) is 42.7 Å². The third-order valence-corrected chi connectivity index (χ3v) is 10.7. The van der Waals surface area contributed by atoms with Gasteiger partial charge in [0.1, 0.15) is 0 Å². The van der Waals surface area contributed by atoms with E-state index in [2.05, 4.69) is 41.5 Å². The van der Waals surface area contributed by atoms with Crippen LogP contribution in [0.1, 0.15) is 64.7 Å². The van der Waals surface area contributed by atoms with Crippen molar-refractivity contribution in [1.82, 2.24) is 0 Å². The van der Waals surface area contributed by atoms with E-state index >= 15 is 0 Å². The van der Waals surface area contributed by atoms with Crippen molar-refractivity contribution < 1.29 is 9.22 Å². The number of Topliss-reactive ketones (excluding diaryl/α,β-unsaturated/α-hetero) is 1. The highest BCUT2D eigenvalue weighted by Crippen LogP contribution is 2.42. The van der Waals surface area contributed by atoms with E-state index in [0.717, 1.165) is 12.0 Å². The molecule has 0 bridgehead atoms. The summed E-state index contributed by atoms with van der Waals surface area (Å²) in [5, 5.41) is 0. The summed E-state index contributed by atoms with van der Waals surface area (Å²) < 4.78 is 6.35. The molecule has 0 spiro atoms. The summed E-state index contributed by atoms with van der Waals surface area (Å²) in [6.07, 6.45) is 5.14. The number of allylic oxidation sites excluding steroid dienone is 1. The molecule has 0 aromatic heterocycles. The lowest BCUT2D eigenvalue weighted by molar-refractivity contribution is 0.0983. The Labute approximate surface area is 143 Å². The van der Waals surface area contributed by atoms with Crippen molar-refractivity contribution in [1.29, 1.82) is 0 Å². The van der Waals surface area contributed by atoms with Gasteiger partial charge in [0.15, 0.2) is 5.78 Å². The van der Waals surface area contributed by atoms with Crippen molar-refractivity contribution in [3.63, 3.8) is 0 Å². The molecule has 0 aliphatic carbocycles. The monoisotopic (exact) mass is 332 g/mol. The molecule has 2 nitrogen and oxygen atoms in total. The van der Waals surface area contributed by atoms with Crippen LogP contribution in [0.3, 0.4) is 0 Å². The van der Waals surface area contributed by atoms with Gasteiger partial charge in [0.25, 0.3) is 8.32 Å². The normalized spacial score (nSPS) is 12.6. The molecular weight excluding hydrogens is 300 g/mol. The van der Waals surface area contributed by atoms with Gasteiger partial charge in [-0.25, -0.2) is 0 Å². The lowest BCUT2D eigenvalue weighted by Crippen LogP contribution is -2.46. The minimum atomic E-state index is -1.84. The Hall–Kier alpha value is -1.35. The van der Waals surface area contributed by atoms with Crippen molar-refractivity contribution in [2.75, 3.05) is 0 Å². The van der Waals surface area contributed by atoms with E-state index < -0.39 is 8.32 Å². The molecule has 0 heterocycles. The minimum absolute atomic E-state index is 0.190. The zero-order valence-electron chi connectivity index (χ0n) is 15.5. The number of rotatable bonds is 9. The maximum atomic E-state index is 12.1. The fourth-order valence-corrected chi connectivity index (χ4v) is 8.77. The smallest absolute Gasteiger partial charge is 0.257 e. The Morgan fingerprint density at radius 1 is 1.00 bits per heavy atom. The largest absolute Gasteiger partial charge is 0.548 e. The topological polar surface area (TPSA) is 26.3 Å². The summed E-state index contributed by atoms with van der Waals surface area (Å²) in [4.78, 5) is 12.1. The highest BCUT2D eigenvalue weighted by molar-refractivity contribution is 6.77. The first-order chi connectivity index (χ1) is 10.8. The zero-order valence-corrected chi connectivity index (χ0v) is 16.5. The van der Waals surface area contributed by atoms with Gasteiger partial charge in [-0.15, -0.1) is 0 Å². The third-order valence-electron chi connectivity index (χ3n) is 4.71. The van der Waals surface area contributed by atoms with E-state index in [4.69, 9.17) is 4.43 Å². The molecule has 23 heavy (non-hydrogen) atoms. The first-order valence-corrected chi connectivity index (χ1v) is 10.9. The Bertz CT molecular complexity index is 482. The second-order valence-electron chi connectivity index (χ2n) is 7.14. The van der Waals surface area contributed by atoms with Crippen LogP contribution in [-0.4, -0.2) is 14.1 Å². The van der Waals surface area contributed by atoms with Gasteiger partial charge in [-0.05, 0) is 23.0 Å². The van der Waals surface area contributed by atoms with Gasteiger partial charge >= 0.3 is 0 Å². The van der Waals surface area contributed by atoms with Gasteiger partial charge in [0, 0.05) is 12.0 Å². The zero-order chi connectivity index (χ0) is 17.5. The summed E-state index contributed by atoms with van der Waals surface area (Å²) in [6, 6.07) is 9.48. The summed E-state index contributed by atoms with van der Waals surface area (Å²) in [7, 11) is -1.84. The summed E-state index contributed by atoms with van der Waals surface area (Å²) in [5.74, 6) is 0.190. The molecule has 1 rings (SSSR count). The second kappa shape index (κ2) is 9.07. The molecular formula is C20H32O2Si. The molecule has 0 fully saturated rings. The van der Waals surface area contributed by atoms with Gasteiger partial charge in [0.2, 0.25) is 0 Å². The minimum Gasteiger partial charge on any atom is -0.548 e. The number of hydrogen-bond acceptors (Lipinski definition) is 2. The van der Waals surface area contributed by atoms with Gasteiger partial charge in [0.05, 0.1) is 6.26 Å². The quantitative estimate of drug-likeness (QED) is 0.299. The van der Waals surface area contributed by atoms with E-state index in [9.17, 15) is 4.79 Å². The van der Waals surface area contributed by atoms with E-state index in [0.29, 0.717) is 23.0 Å². The van der Waals surface area contributed by atoms with Crippen LogP contribution >= 0.6 is 0 Å². The van der Waals surface area contributed by atoms with Crippen LogP contribution < -0.4 is 0 Å². The molecule has 0 N–H and O–H groups in total. The SMILES string of the molecule is CC(C)[Si](O/C=C/CCC(=O)c1ccccc1)(C(C)C)C(C)C. The second-order valence-corrected chi connectivity index (χ2v) is 12.5. The first kappa shape index (κ1) is 19.7. The van der Waals surface area contributed by atoms with Crippen molar-refractivity contribution in [3.8, 4) is 0 Å². The molecule has 0 radical (unpaired) electrons. The maximum Gasteiger partial charge on any atom is 0.257 e. The van der Waals surface area contributed by atoms with Gasteiger partial charge in [-0.2, -0.15) is 0 Å². The number of benzene rings is 1. The van der Waals surface area contributed by atoms with Crippen LogP contribution in [0.15, 0.2) is 42.7 Å². The highest BCUT2D eigenvalue weighted by atomic mass is 28.4. The molecule has 128 valence electrons. The number of carbonyl (C=O) groups excluding carboxylic acids is 1. The molecule has 0 atom stereocenters. The average molecular weight is 333 g/mol. The summed E-state index contributed by atoms with van der Waals surface area (Å²) >= 11 is 0. The molecule has 1 aromatic rings. The van der Waals surface area contributed by atoms with Gasteiger partial charge in [-0.3, -0.25) is 4.79 Å². The van der Waals surface area contributed by atoms with Crippen LogP contribution in [0.5, 0.6) is 0 Å². The van der Waals surface area contributed by atoms with E-state index in [-0.39, 0.29) is 5.78 Å². The standard InChI is InChI=1S/C20H32O2Si/c1-16(2)23(17(3)4,18(5)6)22-15-11-10-14-20(21)19-12-8-7-9-13-19/h7-9,11-13,15-18H,10,14H2,1-6H3/b15-11+. The van der Waals surface area contributed by atoms with Crippen LogP contribution in [0.25, 0.3) is 0 Å². The highest BCUT2D eigenvalue weighted by Gasteiger charge is 2.46. The first-order valence-electron chi connectivity index (χ1n) is 8.73. The predicted molar refractivity (Wildman–Crippen MR) is 101 cm³/mol. The molecule has 0 saturated carbocycles. The van der Waals surface area contributed by atoms with E-state index in [1.165, 1.54) is 0 Å². The van der Waals surface area contributed by atoms with Crippen LogP contribution in [-0.2, 0) is 4.43 Å². The fourth-order valence-electron chi connectivity index (χ4n) is 3.63. The fraction of sp³-hybridized carbons (Fsp3) is 0.550. The maximum absolute atomic E-state index is 12.1. The van der Waals surface area contributed by atoms with E-state index in [1.54, 1.807) is 0 Å². The van der Waals surface area contributed by atoms with Crippen LogP contribution in [0, 0.1) is 0 Å². The number of ketones is 1. The van der Waals surface area contributed by atoms with Gasteiger partial charge in [-0.1, -0.05) is 78.0 Å².